The molecular formula is C29H30N2O5. The minimum Gasteiger partial charge on any atom is -0.454 e. The van der Waals surface area contributed by atoms with E-state index in [1.807, 2.05) is 72.5 Å². The molecule has 1 saturated heterocycles. The third-order valence-corrected chi connectivity index (χ3v) is 7.35. The molecule has 0 atom stereocenters. The Bertz CT molecular complexity index is 1330. The zero-order chi connectivity index (χ0) is 24.7. The number of rotatable bonds is 5. The molecule has 0 unspecified atom stereocenters. The van der Waals surface area contributed by atoms with Crippen molar-refractivity contribution in [1.82, 2.24) is 4.90 Å². The quantitative estimate of drug-likeness (QED) is 0.562. The molecule has 0 bridgehead atoms. The van der Waals surface area contributed by atoms with Gasteiger partial charge >= 0.3 is 0 Å². The fourth-order valence-electron chi connectivity index (χ4n) is 4.97. The summed E-state index contributed by atoms with van der Waals surface area (Å²) in [6, 6.07) is 19.4. The van der Waals surface area contributed by atoms with E-state index in [0.29, 0.717) is 37.6 Å². The van der Waals surface area contributed by atoms with Gasteiger partial charge < -0.3 is 24.4 Å². The van der Waals surface area contributed by atoms with Crippen LogP contribution in [0.3, 0.4) is 0 Å². The highest BCUT2D eigenvalue weighted by molar-refractivity contribution is 6.02. The highest BCUT2D eigenvalue weighted by atomic mass is 16.7. The number of nitrogens with one attached hydrogen (secondary N) is 1. The number of fused-ring (bicyclic) bond motifs is 1. The fraction of sp³-hybridized carbons (Fsp3) is 0.310. The lowest BCUT2D eigenvalue weighted by Gasteiger charge is -2.26. The predicted molar refractivity (Wildman–Crippen MR) is 138 cm³/mol. The van der Waals surface area contributed by atoms with E-state index < -0.39 is 5.41 Å². The van der Waals surface area contributed by atoms with Crippen LogP contribution in [-0.2, 0) is 14.9 Å². The van der Waals surface area contributed by atoms with Crippen LogP contribution in [0.4, 0.5) is 5.69 Å². The van der Waals surface area contributed by atoms with Gasteiger partial charge in [-0.15, -0.1) is 0 Å². The van der Waals surface area contributed by atoms with Gasteiger partial charge in [0.2, 0.25) is 12.7 Å². The minimum absolute atomic E-state index is 0. The lowest BCUT2D eigenvalue weighted by Crippen LogP contribution is -2.40. The largest absolute Gasteiger partial charge is 0.454 e. The summed E-state index contributed by atoms with van der Waals surface area (Å²) in [6.07, 6.45) is 1.60. The van der Waals surface area contributed by atoms with E-state index in [9.17, 15) is 9.59 Å². The maximum absolute atomic E-state index is 13.4. The van der Waals surface area contributed by atoms with Crippen LogP contribution in [0.25, 0.3) is 11.1 Å². The molecule has 0 spiro atoms. The molecule has 2 amide bonds. The van der Waals surface area contributed by atoms with Crippen LogP contribution in [-0.4, -0.2) is 49.8 Å². The Labute approximate surface area is 211 Å². The normalized spacial score (nSPS) is 17.5. The van der Waals surface area contributed by atoms with E-state index >= 15 is 0 Å². The van der Waals surface area contributed by atoms with E-state index in [4.69, 9.17) is 14.2 Å². The van der Waals surface area contributed by atoms with Crippen LogP contribution in [0.2, 0.25) is 0 Å². The first-order valence-electron chi connectivity index (χ1n) is 12.3. The van der Waals surface area contributed by atoms with Crippen LogP contribution in [0.5, 0.6) is 11.5 Å². The summed E-state index contributed by atoms with van der Waals surface area (Å²) in [5.74, 6) is 1.43. The number of ether oxygens (including phenoxy) is 3. The van der Waals surface area contributed by atoms with Crippen molar-refractivity contribution in [1.29, 1.82) is 0 Å². The Hall–Kier alpha value is -3.84. The molecule has 0 aromatic heterocycles. The van der Waals surface area contributed by atoms with Crippen molar-refractivity contribution in [3.8, 4) is 22.6 Å². The predicted octanol–water partition coefficient (Wildman–Crippen LogP) is 4.78. The lowest BCUT2D eigenvalue weighted by molar-refractivity contribution is -0.118. The van der Waals surface area contributed by atoms with E-state index in [1.165, 1.54) is 0 Å². The number of morpholine rings is 1. The lowest BCUT2D eigenvalue weighted by atomic mass is 9.94. The van der Waals surface area contributed by atoms with E-state index in [2.05, 4.69) is 5.32 Å². The molecule has 36 heavy (non-hydrogen) atoms. The summed E-state index contributed by atoms with van der Waals surface area (Å²) >= 11 is 0. The molecule has 3 aromatic rings. The average molecular weight is 487 g/mol. The molecule has 6 rings (SSSR count). The third kappa shape index (κ3) is 4.09. The van der Waals surface area contributed by atoms with Gasteiger partial charge in [0.1, 0.15) is 0 Å². The topological polar surface area (TPSA) is 77.1 Å². The van der Waals surface area contributed by atoms with Gasteiger partial charge in [-0.25, -0.2) is 0 Å². The Kier molecular flexibility index (Phi) is 5.64. The Morgan fingerprint density at radius 1 is 0.917 bits per heavy atom. The molecule has 7 nitrogen and oxygen atoms in total. The van der Waals surface area contributed by atoms with Gasteiger partial charge in [0.05, 0.1) is 18.6 Å². The monoisotopic (exact) mass is 486 g/mol. The van der Waals surface area contributed by atoms with Gasteiger partial charge in [-0.1, -0.05) is 24.3 Å². The van der Waals surface area contributed by atoms with Crippen molar-refractivity contribution in [3.63, 3.8) is 0 Å². The van der Waals surface area contributed by atoms with Crippen LogP contribution < -0.4 is 14.8 Å². The number of anilines is 1. The molecule has 2 aliphatic heterocycles. The Balaban J connectivity index is 0.00000280. The number of aryl methyl sites for hydroxylation is 1. The van der Waals surface area contributed by atoms with Gasteiger partial charge in [-0.2, -0.15) is 0 Å². The first kappa shape index (κ1) is 22.6. The molecule has 7 heteroatoms. The third-order valence-electron chi connectivity index (χ3n) is 7.35. The standard InChI is InChI=1S/C29H28N2O5.H2/c1-19-2-8-23(30-28(33)29(10-11-29)22-7-9-25-26(16-22)36-18-35-25)17-24(19)20-3-5-21(6-4-20)27(32)31-12-14-34-15-13-31;/h2-9,16-17H,10-15,18H2,1H3,(H,30,33);1H. The summed E-state index contributed by atoms with van der Waals surface area (Å²) in [5, 5.41) is 3.14. The van der Waals surface area contributed by atoms with Gasteiger partial charge in [-0.3, -0.25) is 9.59 Å². The molecule has 186 valence electrons. The Morgan fingerprint density at radius 2 is 1.67 bits per heavy atom. The van der Waals surface area contributed by atoms with Gasteiger partial charge in [-0.05, 0) is 78.4 Å². The highest BCUT2D eigenvalue weighted by Crippen LogP contribution is 2.51. The average Bonchev–Trinajstić information content (AvgIpc) is 3.60. The number of carbonyl (C=O) groups is 2. The summed E-state index contributed by atoms with van der Waals surface area (Å²) in [5.41, 5.74) is 4.95. The molecule has 3 aliphatic rings. The second-order valence-corrected chi connectivity index (χ2v) is 9.62. The van der Waals surface area contributed by atoms with Crippen molar-refractivity contribution < 1.29 is 25.2 Å². The van der Waals surface area contributed by atoms with E-state index in [0.717, 1.165) is 46.5 Å². The van der Waals surface area contributed by atoms with Crippen molar-refractivity contribution in [2.24, 2.45) is 0 Å². The molecule has 1 N–H and O–H groups in total. The molecule has 1 saturated carbocycles. The molecule has 1 aliphatic carbocycles. The second kappa shape index (κ2) is 8.99. The first-order chi connectivity index (χ1) is 17.5. The van der Waals surface area contributed by atoms with Crippen LogP contribution in [0.1, 0.15) is 35.8 Å². The van der Waals surface area contributed by atoms with Crippen molar-refractivity contribution >= 4 is 17.5 Å². The van der Waals surface area contributed by atoms with Crippen molar-refractivity contribution in [3.05, 3.63) is 77.4 Å². The number of hydrogen-bond donors (Lipinski definition) is 1. The summed E-state index contributed by atoms with van der Waals surface area (Å²) in [4.78, 5) is 28.0. The molecule has 3 aromatic carbocycles. The van der Waals surface area contributed by atoms with Crippen molar-refractivity contribution in [2.45, 2.75) is 25.2 Å². The molecule has 2 fully saturated rings. The SMILES string of the molecule is Cc1ccc(NC(=O)C2(c3ccc4c(c3)OCO4)CC2)cc1-c1ccc(C(=O)N2CCOCC2)cc1.[HH]. The van der Waals surface area contributed by atoms with E-state index in [1.54, 1.807) is 0 Å². The fourth-order valence-corrected chi connectivity index (χ4v) is 4.97. The highest BCUT2D eigenvalue weighted by Gasteiger charge is 2.51. The minimum atomic E-state index is -0.534. The van der Waals surface area contributed by atoms with Crippen LogP contribution in [0.15, 0.2) is 60.7 Å². The Morgan fingerprint density at radius 3 is 2.42 bits per heavy atom. The summed E-state index contributed by atoms with van der Waals surface area (Å²) in [7, 11) is 0. The zero-order valence-corrected chi connectivity index (χ0v) is 20.2. The van der Waals surface area contributed by atoms with Gasteiger partial charge in [0.15, 0.2) is 11.5 Å². The molecule has 0 radical (unpaired) electrons. The first-order valence-corrected chi connectivity index (χ1v) is 12.3. The number of nitrogens with zero attached hydrogens (tertiary/aromatic N) is 1. The van der Waals surface area contributed by atoms with Gasteiger partial charge in [0.25, 0.3) is 5.91 Å². The molecule has 2 heterocycles. The number of carbonyl (C=O) groups excluding carboxylic acids is 2. The number of benzene rings is 3. The number of hydrogen-bond acceptors (Lipinski definition) is 5. The van der Waals surface area contributed by atoms with Crippen LogP contribution >= 0.6 is 0 Å². The number of amides is 2. The van der Waals surface area contributed by atoms with Crippen LogP contribution in [0, 0.1) is 6.92 Å². The maximum Gasteiger partial charge on any atom is 0.254 e. The zero-order valence-electron chi connectivity index (χ0n) is 20.2. The van der Waals surface area contributed by atoms with Gasteiger partial charge in [0, 0.05) is 25.8 Å². The smallest absolute Gasteiger partial charge is 0.254 e. The maximum atomic E-state index is 13.4. The molecular weight excluding hydrogens is 456 g/mol. The van der Waals surface area contributed by atoms with Crippen molar-refractivity contribution in [2.75, 3.05) is 38.4 Å². The van der Waals surface area contributed by atoms with E-state index in [-0.39, 0.29) is 20.0 Å². The summed E-state index contributed by atoms with van der Waals surface area (Å²) < 4.78 is 16.3. The second-order valence-electron chi connectivity index (χ2n) is 9.62. The summed E-state index contributed by atoms with van der Waals surface area (Å²) in [6.45, 7) is 4.66.